The molecule has 1 aromatic carbocycles. The van der Waals surface area contributed by atoms with Gasteiger partial charge in [-0.05, 0) is 39.4 Å². The average molecular weight is 289 g/mol. The van der Waals surface area contributed by atoms with Crippen molar-refractivity contribution < 1.29 is 0 Å². The third-order valence-electron chi connectivity index (χ3n) is 5.02. The number of benzene rings is 1. The first-order valence-corrected chi connectivity index (χ1v) is 8.19. The van der Waals surface area contributed by atoms with Crippen LogP contribution in [0.2, 0.25) is 0 Å². The number of likely N-dealkylation sites (N-methyl/N-ethyl adjacent to an activating group) is 1. The molecule has 1 aliphatic rings. The number of nitrogens with zero attached hydrogens (tertiary/aromatic N) is 2. The maximum Gasteiger partial charge on any atom is 0.0355 e. The summed E-state index contributed by atoms with van der Waals surface area (Å²) >= 11 is 0. The molecule has 1 saturated heterocycles. The van der Waals surface area contributed by atoms with E-state index in [9.17, 15) is 0 Å². The fourth-order valence-corrected chi connectivity index (χ4v) is 3.62. The van der Waals surface area contributed by atoms with Crippen LogP contribution in [0.25, 0.3) is 0 Å². The summed E-state index contributed by atoms with van der Waals surface area (Å²) in [5, 5.41) is 3.50. The maximum atomic E-state index is 3.50. The molecule has 1 fully saturated rings. The van der Waals surface area contributed by atoms with Crippen molar-refractivity contribution in [2.45, 2.75) is 38.9 Å². The van der Waals surface area contributed by atoms with Crippen molar-refractivity contribution in [3.05, 3.63) is 35.9 Å². The quantitative estimate of drug-likeness (QED) is 0.899. The first-order valence-electron chi connectivity index (χ1n) is 8.19. The Morgan fingerprint density at radius 1 is 1.14 bits per heavy atom. The Hall–Kier alpha value is -0.900. The Morgan fingerprint density at radius 2 is 1.71 bits per heavy atom. The summed E-state index contributed by atoms with van der Waals surface area (Å²) in [6, 6.07) is 12.5. The van der Waals surface area contributed by atoms with Crippen molar-refractivity contribution in [3.63, 3.8) is 0 Å². The Morgan fingerprint density at radius 3 is 2.24 bits per heavy atom. The molecule has 0 amide bonds. The van der Waals surface area contributed by atoms with Crippen LogP contribution in [0.3, 0.4) is 0 Å². The molecule has 4 unspecified atom stereocenters. The Labute approximate surface area is 130 Å². The zero-order chi connectivity index (χ0) is 15.4. The molecule has 0 aromatic heterocycles. The molecule has 1 N–H and O–H groups in total. The molecule has 0 saturated carbocycles. The van der Waals surface area contributed by atoms with Gasteiger partial charge in [-0.2, -0.15) is 0 Å². The molecular formula is C18H31N3. The SMILES string of the molecule is CNC(c1ccccc1)C(C)CN1CC(C)N(C)C(C)C1. The Kier molecular flexibility index (Phi) is 5.80. The second kappa shape index (κ2) is 7.39. The van der Waals surface area contributed by atoms with Crippen LogP contribution in [0.15, 0.2) is 30.3 Å². The molecule has 1 heterocycles. The van der Waals surface area contributed by atoms with Crippen molar-refractivity contribution in [1.29, 1.82) is 0 Å². The van der Waals surface area contributed by atoms with Gasteiger partial charge in [0.15, 0.2) is 0 Å². The van der Waals surface area contributed by atoms with E-state index in [1.807, 2.05) is 0 Å². The Bertz CT molecular complexity index is 408. The summed E-state index contributed by atoms with van der Waals surface area (Å²) in [5.74, 6) is 0.597. The average Bonchev–Trinajstić information content (AvgIpc) is 2.46. The van der Waals surface area contributed by atoms with Crippen molar-refractivity contribution in [2.75, 3.05) is 33.7 Å². The van der Waals surface area contributed by atoms with Gasteiger partial charge in [0.05, 0.1) is 0 Å². The summed E-state index contributed by atoms with van der Waals surface area (Å²) in [4.78, 5) is 5.13. The molecule has 2 rings (SSSR count). The highest BCUT2D eigenvalue weighted by atomic mass is 15.3. The van der Waals surface area contributed by atoms with Crippen LogP contribution in [0.4, 0.5) is 0 Å². The van der Waals surface area contributed by atoms with Gasteiger partial charge in [-0.3, -0.25) is 9.80 Å². The maximum absolute atomic E-state index is 3.50. The number of piperazine rings is 1. The van der Waals surface area contributed by atoms with Crippen LogP contribution in [0.5, 0.6) is 0 Å². The normalized spacial score (nSPS) is 27.5. The fraction of sp³-hybridized carbons (Fsp3) is 0.667. The molecule has 1 aromatic rings. The molecule has 1 aliphatic heterocycles. The van der Waals surface area contributed by atoms with Gasteiger partial charge in [0.1, 0.15) is 0 Å². The number of rotatable bonds is 5. The van der Waals surface area contributed by atoms with Crippen LogP contribution in [-0.4, -0.2) is 55.6 Å². The number of hydrogen-bond acceptors (Lipinski definition) is 3. The fourth-order valence-electron chi connectivity index (χ4n) is 3.62. The lowest BCUT2D eigenvalue weighted by molar-refractivity contribution is 0.0487. The largest absolute Gasteiger partial charge is 0.313 e. The standard InChI is InChI=1S/C18H31N3/c1-14(18(19-4)17-9-7-6-8-10-17)11-21-12-15(2)20(5)16(3)13-21/h6-10,14-16,18-19H,11-13H2,1-5H3. The summed E-state index contributed by atoms with van der Waals surface area (Å²) in [7, 11) is 4.32. The number of nitrogens with one attached hydrogen (secondary N) is 1. The van der Waals surface area contributed by atoms with Gasteiger partial charge >= 0.3 is 0 Å². The summed E-state index contributed by atoms with van der Waals surface area (Å²) in [6.45, 7) is 10.5. The van der Waals surface area contributed by atoms with Crippen LogP contribution in [0.1, 0.15) is 32.4 Å². The zero-order valence-corrected chi connectivity index (χ0v) is 14.2. The molecule has 118 valence electrons. The zero-order valence-electron chi connectivity index (χ0n) is 14.2. The topological polar surface area (TPSA) is 18.5 Å². The van der Waals surface area contributed by atoms with Crippen molar-refractivity contribution in [2.24, 2.45) is 5.92 Å². The first kappa shape index (κ1) is 16.5. The summed E-state index contributed by atoms with van der Waals surface area (Å²) < 4.78 is 0. The smallest absolute Gasteiger partial charge is 0.0355 e. The second-order valence-electron chi connectivity index (χ2n) is 6.74. The highest BCUT2D eigenvalue weighted by molar-refractivity contribution is 5.19. The van der Waals surface area contributed by atoms with Crippen LogP contribution < -0.4 is 5.32 Å². The van der Waals surface area contributed by atoms with E-state index < -0.39 is 0 Å². The van der Waals surface area contributed by atoms with E-state index in [1.165, 1.54) is 18.7 Å². The van der Waals surface area contributed by atoms with E-state index in [0.717, 1.165) is 6.54 Å². The monoisotopic (exact) mass is 289 g/mol. The van der Waals surface area contributed by atoms with Gasteiger partial charge in [0, 0.05) is 37.8 Å². The van der Waals surface area contributed by atoms with Gasteiger partial charge in [0.25, 0.3) is 0 Å². The van der Waals surface area contributed by atoms with Crippen molar-refractivity contribution >= 4 is 0 Å². The van der Waals surface area contributed by atoms with Gasteiger partial charge in [-0.25, -0.2) is 0 Å². The number of hydrogen-bond donors (Lipinski definition) is 1. The van der Waals surface area contributed by atoms with Gasteiger partial charge in [-0.15, -0.1) is 0 Å². The lowest BCUT2D eigenvalue weighted by Crippen LogP contribution is -2.56. The van der Waals surface area contributed by atoms with Gasteiger partial charge < -0.3 is 5.32 Å². The molecule has 0 bridgehead atoms. The highest BCUT2D eigenvalue weighted by Crippen LogP contribution is 2.24. The molecule has 21 heavy (non-hydrogen) atoms. The van der Waals surface area contributed by atoms with E-state index in [0.29, 0.717) is 24.0 Å². The van der Waals surface area contributed by atoms with Crippen molar-refractivity contribution in [1.82, 2.24) is 15.1 Å². The third-order valence-corrected chi connectivity index (χ3v) is 5.02. The minimum Gasteiger partial charge on any atom is -0.313 e. The molecule has 0 aliphatic carbocycles. The van der Waals surface area contributed by atoms with Crippen LogP contribution >= 0.6 is 0 Å². The highest BCUT2D eigenvalue weighted by Gasteiger charge is 2.28. The summed E-state index contributed by atoms with van der Waals surface area (Å²) in [6.07, 6.45) is 0. The summed E-state index contributed by atoms with van der Waals surface area (Å²) in [5.41, 5.74) is 1.39. The molecule has 0 radical (unpaired) electrons. The molecule has 3 nitrogen and oxygen atoms in total. The molecule has 4 atom stereocenters. The molecule has 0 spiro atoms. The molecule has 3 heteroatoms. The predicted molar refractivity (Wildman–Crippen MR) is 90.5 cm³/mol. The third kappa shape index (κ3) is 4.06. The first-order chi connectivity index (χ1) is 10.0. The molecular weight excluding hydrogens is 258 g/mol. The van der Waals surface area contributed by atoms with E-state index in [-0.39, 0.29) is 0 Å². The minimum atomic E-state index is 0.427. The van der Waals surface area contributed by atoms with Gasteiger partial charge in [0.2, 0.25) is 0 Å². The second-order valence-corrected chi connectivity index (χ2v) is 6.74. The Balaban J connectivity index is 1.98. The lowest BCUT2D eigenvalue weighted by Gasteiger charge is -2.44. The lowest BCUT2D eigenvalue weighted by atomic mass is 9.93. The van der Waals surface area contributed by atoms with Crippen LogP contribution in [-0.2, 0) is 0 Å². The van der Waals surface area contributed by atoms with E-state index in [1.54, 1.807) is 0 Å². The van der Waals surface area contributed by atoms with Gasteiger partial charge in [-0.1, -0.05) is 37.3 Å². The van der Waals surface area contributed by atoms with Crippen molar-refractivity contribution in [3.8, 4) is 0 Å². The van der Waals surface area contributed by atoms with E-state index in [4.69, 9.17) is 0 Å². The van der Waals surface area contributed by atoms with E-state index >= 15 is 0 Å². The predicted octanol–water partition coefficient (Wildman–Crippen LogP) is 2.61. The minimum absolute atomic E-state index is 0.427. The van der Waals surface area contributed by atoms with Crippen LogP contribution in [0, 0.1) is 5.92 Å². The van der Waals surface area contributed by atoms with E-state index in [2.05, 4.69) is 80.3 Å².